The minimum Gasteiger partial charge on any atom is -0.381 e. The lowest BCUT2D eigenvalue weighted by Crippen LogP contribution is -2.53. The summed E-state index contributed by atoms with van der Waals surface area (Å²) in [5.41, 5.74) is -0.868. The van der Waals surface area contributed by atoms with Crippen molar-refractivity contribution in [3.05, 3.63) is 22.8 Å². The van der Waals surface area contributed by atoms with E-state index in [0.717, 1.165) is 45.0 Å². The second kappa shape index (κ2) is 10.8. The van der Waals surface area contributed by atoms with Gasteiger partial charge >= 0.3 is 6.18 Å². The van der Waals surface area contributed by atoms with Crippen molar-refractivity contribution in [1.29, 1.82) is 0 Å². The van der Waals surface area contributed by atoms with E-state index in [4.69, 9.17) is 21.1 Å². The quantitative estimate of drug-likeness (QED) is 0.661. The molecular weight excluding hydrogens is 461 g/mol. The van der Waals surface area contributed by atoms with Gasteiger partial charge in [-0.3, -0.25) is 9.69 Å². The molecule has 3 aliphatic rings. The Balaban J connectivity index is 1.30. The van der Waals surface area contributed by atoms with Gasteiger partial charge in [0.2, 0.25) is 5.91 Å². The van der Waals surface area contributed by atoms with Gasteiger partial charge in [0.25, 0.3) is 0 Å². The molecule has 0 saturated carbocycles. The van der Waals surface area contributed by atoms with Gasteiger partial charge in [-0.1, -0.05) is 11.6 Å². The minimum absolute atomic E-state index is 0.0262. The Morgan fingerprint density at radius 1 is 1.15 bits per heavy atom. The lowest BCUT2D eigenvalue weighted by atomic mass is 9.94. The molecule has 0 aromatic carbocycles. The third-order valence-corrected chi connectivity index (χ3v) is 7.10. The highest BCUT2D eigenvalue weighted by Crippen LogP contribution is 2.34. The maximum Gasteiger partial charge on any atom is 0.417 e. The number of anilines is 1. The van der Waals surface area contributed by atoms with Crippen LogP contribution in [0.1, 0.15) is 24.8 Å². The first-order chi connectivity index (χ1) is 15.8. The van der Waals surface area contributed by atoms with E-state index in [1.807, 2.05) is 4.90 Å². The zero-order valence-corrected chi connectivity index (χ0v) is 19.2. The lowest BCUT2D eigenvalue weighted by Gasteiger charge is -2.38. The molecule has 2 atom stereocenters. The van der Waals surface area contributed by atoms with Crippen LogP contribution in [0, 0.1) is 11.8 Å². The number of piperidine rings is 1. The van der Waals surface area contributed by atoms with Crippen molar-refractivity contribution < 1.29 is 27.4 Å². The number of aromatic nitrogens is 1. The highest BCUT2D eigenvalue weighted by Gasteiger charge is 2.34. The van der Waals surface area contributed by atoms with Crippen molar-refractivity contribution in [3.63, 3.8) is 0 Å². The summed E-state index contributed by atoms with van der Waals surface area (Å²) in [6.07, 6.45) is -1.49. The Hall–Kier alpha value is -1.62. The van der Waals surface area contributed by atoms with Crippen molar-refractivity contribution in [2.75, 3.05) is 64.1 Å². The van der Waals surface area contributed by atoms with Crippen molar-refractivity contribution in [2.45, 2.75) is 31.5 Å². The summed E-state index contributed by atoms with van der Waals surface area (Å²) < 4.78 is 49.6. The predicted molar refractivity (Wildman–Crippen MR) is 117 cm³/mol. The molecule has 4 rings (SSSR count). The van der Waals surface area contributed by atoms with Gasteiger partial charge in [-0.05, 0) is 25.3 Å². The third-order valence-electron chi connectivity index (χ3n) is 6.82. The number of hydrogen-bond donors (Lipinski definition) is 1. The number of amides is 1. The van der Waals surface area contributed by atoms with Gasteiger partial charge in [0, 0.05) is 63.4 Å². The molecule has 3 saturated heterocycles. The lowest BCUT2D eigenvalue weighted by molar-refractivity contribution is -0.137. The first-order valence-electron chi connectivity index (χ1n) is 11.5. The highest BCUT2D eigenvalue weighted by molar-refractivity contribution is 6.33. The molecule has 1 aromatic heterocycles. The zero-order chi connectivity index (χ0) is 23.4. The summed E-state index contributed by atoms with van der Waals surface area (Å²) in [4.78, 5) is 21.1. The summed E-state index contributed by atoms with van der Waals surface area (Å²) in [7, 11) is 0. The van der Waals surface area contributed by atoms with E-state index in [1.165, 1.54) is 0 Å². The van der Waals surface area contributed by atoms with E-state index >= 15 is 0 Å². The molecule has 2 unspecified atom stereocenters. The molecule has 1 N–H and O–H groups in total. The molecule has 0 bridgehead atoms. The van der Waals surface area contributed by atoms with Crippen LogP contribution in [0.2, 0.25) is 5.02 Å². The molecule has 0 radical (unpaired) electrons. The number of carbonyl (C=O) groups excluding carboxylic acids is 1. The summed E-state index contributed by atoms with van der Waals surface area (Å²) in [6.45, 7) is 6.22. The fourth-order valence-electron chi connectivity index (χ4n) is 4.88. The Bertz CT molecular complexity index is 809. The first-order valence-corrected chi connectivity index (χ1v) is 11.9. The van der Waals surface area contributed by atoms with E-state index in [2.05, 4.69) is 15.2 Å². The van der Waals surface area contributed by atoms with Crippen molar-refractivity contribution >= 4 is 23.3 Å². The second-order valence-electron chi connectivity index (χ2n) is 8.87. The number of nitrogens with zero attached hydrogens (tertiary/aromatic N) is 3. The third kappa shape index (κ3) is 6.09. The number of carbonyl (C=O) groups is 1. The monoisotopic (exact) mass is 490 g/mol. The van der Waals surface area contributed by atoms with Crippen LogP contribution < -0.4 is 10.2 Å². The van der Waals surface area contributed by atoms with Crippen LogP contribution in [0.5, 0.6) is 0 Å². The smallest absolute Gasteiger partial charge is 0.381 e. The Labute approximate surface area is 196 Å². The average molecular weight is 491 g/mol. The molecule has 0 aliphatic carbocycles. The van der Waals surface area contributed by atoms with Crippen molar-refractivity contribution in [1.82, 2.24) is 15.2 Å². The van der Waals surface area contributed by atoms with Gasteiger partial charge in [-0.2, -0.15) is 13.2 Å². The number of halogens is 4. The van der Waals surface area contributed by atoms with Crippen LogP contribution in [0.25, 0.3) is 0 Å². The topological polar surface area (TPSA) is 66.9 Å². The van der Waals surface area contributed by atoms with Crippen LogP contribution >= 0.6 is 11.6 Å². The van der Waals surface area contributed by atoms with Crippen LogP contribution in [0.4, 0.5) is 19.0 Å². The van der Waals surface area contributed by atoms with E-state index in [0.29, 0.717) is 57.4 Å². The molecule has 3 fully saturated rings. The molecule has 0 spiro atoms. The number of nitrogens with one attached hydrogen (secondary N) is 1. The number of morpholine rings is 1. The molecular formula is C22H30ClF3N4O3. The van der Waals surface area contributed by atoms with Crippen LogP contribution in [0.3, 0.4) is 0 Å². The largest absolute Gasteiger partial charge is 0.417 e. The van der Waals surface area contributed by atoms with Gasteiger partial charge in [-0.15, -0.1) is 0 Å². The molecule has 3 aliphatic heterocycles. The summed E-state index contributed by atoms with van der Waals surface area (Å²) in [5, 5.41) is 3.13. The fourth-order valence-corrected chi connectivity index (χ4v) is 5.17. The molecule has 33 heavy (non-hydrogen) atoms. The zero-order valence-electron chi connectivity index (χ0n) is 18.5. The summed E-state index contributed by atoms with van der Waals surface area (Å²) >= 11 is 6.08. The van der Waals surface area contributed by atoms with Gasteiger partial charge in [0.15, 0.2) is 0 Å². The number of rotatable bonds is 6. The Morgan fingerprint density at radius 3 is 2.48 bits per heavy atom. The van der Waals surface area contributed by atoms with Gasteiger partial charge < -0.3 is 19.7 Å². The standard InChI is InChI=1S/C22H30ClF3N4O3/c23-18-11-17(22(24,25)26)12-27-20(18)30-4-1-15(2-5-30)21(31)28-13-19(16-3-8-33-14-16)29-6-9-32-10-7-29/h11-12,15-16,19H,1-10,13-14H2,(H,28,31). The summed E-state index contributed by atoms with van der Waals surface area (Å²) in [6, 6.07) is 1.14. The van der Waals surface area contributed by atoms with E-state index in [-0.39, 0.29) is 22.9 Å². The fraction of sp³-hybridized carbons (Fsp3) is 0.727. The SMILES string of the molecule is O=C(NCC(C1CCOC1)N1CCOCC1)C1CCN(c2ncc(C(F)(F)F)cc2Cl)CC1. The van der Waals surface area contributed by atoms with Gasteiger partial charge in [0.1, 0.15) is 5.82 Å². The average Bonchev–Trinajstić information content (AvgIpc) is 3.34. The number of ether oxygens (including phenoxy) is 2. The Morgan fingerprint density at radius 2 is 1.88 bits per heavy atom. The van der Waals surface area contributed by atoms with Crippen molar-refractivity contribution in [3.8, 4) is 0 Å². The van der Waals surface area contributed by atoms with Crippen molar-refractivity contribution in [2.24, 2.45) is 11.8 Å². The second-order valence-corrected chi connectivity index (χ2v) is 9.28. The molecule has 7 nitrogen and oxygen atoms in total. The number of hydrogen-bond acceptors (Lipinski definition) is 6. The molecule has 4 heterocycles. The molecule has 1 amide bonds. The highest BCUT2D eigenvalue weighted by atomic mass is 35.5. The van der Waals surface area contributed by atoms with Crippen LogP contribution in [-0.2, 0) is 20.4 Å². The predicted octanol–water partition coefficient (Wildman–Crippen LogP) is 2.82. The first kappa shape index (κ1) is 24.5. The normalized spacial score (nSPS) is 24.1. The van der Waals surface area contributed by atoms with Crippen LogP contribution in [-0.4, -0.2) is 81.0 Å². The van der Waals surface area contributed by atoms with Crippen LogP contribution in [0.15, 0.2) is 12.3 Å². The van der Waals surface area contributed by atoms with Gasteiger partial charge in [-0.25, -0.2) is 4.98 Å². The van der Waals surface area contributed by atoms with Gasteiger partial charge in [0.05, 0.1) is 30.4 Å². The molecule has 1 aromatic rings. The van der Waals surface area contributed by atoms with E-state index in [1.54, 1.807) is 0 Å². The van der Waals surface area contributed by atoms with E-state index in [9.17, 15) is 18.0 Å². The number of pyridine rings is 1. The maximum absolute atomic E-state index is 12.9. The Kier molecular flexibility index (Phi) is 7.99. The number of alkyl halides is 3. The minimum atomic E-state index is -4.48. The maximum atomic E-state index is 12.9. The van der Waals surface area contributed by atoms with E-state index < -0.39 is 11.7 Å². The molecule has 11 heteroatoms. The summed E-state index contributed by atoms with van der Waals surface area (Å²) in [5.74, 6) is 0.619. The molecule has 184 valence electrons.